The average Bonchev–Trinajstić information content (AvgIpc) is 1.16. The van der Waals surface area contributed by atoms with Gasteiger partial charge in [-0.1, -0.05) is 442 Å². The van der Waals surface area contributed by atoms with E-state index in [4.69, 9.17) is 18.9 Å². The van der Waals surface area contributed by atoms with E-state index in [-0.39, 0.29) is 32.2 Å². The smallest absolute Gasteiger partial charge is 0.306 e. The van der Waals surface area contributed by atoms with Crippen LogP contribution in [-0.4, -0.2) is 82.3 Å². The Hall–Kier alpha value is -2.49. The van der Waals surface area contributed by atoms with Crippen molar-refractivity contribution in [3.63, 3.8) is 0 Å². The SMILES string of the molecule is CCCCCCC/C=C\C/C=C\CCCCCCCCCCCCCCCCCCCCCCCCCCCC(=O)OC(COC(=O)CCCCCCCCCCCCCCCCCCCCCCCCCCCCCCC/C=C\CCCCCCCCCC)COC(OCC[N+](C)(C)C)C(=O)[O-]. The number of ether oxygens (including phenoxy) is 4. The fraction of sp³-hybridized carbons (Fsp3) is 0.904. The number of carboxylic acid groups (broad SMARTS) is 1. The summed E-state index contributed by atoms with van der Waals surface area (Å²) in [5.74, 6) is -2.24. The highest BCUT2D eigenvalue weighted by Crippen LogP contribution is 2.21. The first-order valence-corrected chi connectivity index (χ1v) is 46.1. The molecule has 0 aliphatic heterocycles. The topological polar surface area (TPSA) is 111 Å². The third-order valence-electron chi connectivity index (χ3n) is 21.4. The monoisotopic (exact) mass is 1450 g/mol. The first kappa shape index (κ1) is 101. The Morgan fingerprint density at radius 2 is 0.524 bits per heavy atom. The number of rotatable bonds is 88. The van der Waals surface area contributed by atoms with Crippen molar-refractivity contribution in [3.8, 4) is 0 Å². The van der Waals surface area contributed by atoms with Crippen LogP contribution in [-0.2, 0) is 33.3 Å². The summed E-state index contributed by atoms with van der Waals surface area (Å²) >= 11 is 0. The maximum absolute atomic E-state index is 13.0. The molecule has 608 valence electrons. The second-order valence-corrected chi connectivity index (χ2v) is 32.9. The maximum Gasteiger partial charge on any atom is 0.306 e. The molecule has 0 saturated heterocycles. The molecule has 0 N–H and O–H groups in total. The summed E-state index contributed by atoms with van der Waals surface area (Å²) in [4.78, 5) is 37.7. The number of nitrogens with zero attached hydrogens (tertiary/aromatic N) is 1. The summed E-state index contributed by atoms with van der Waals surface area (Å²) in [5.41, 5.74) is 0. The zero-order valence-corrected chi connectivity index (χ0v) is 70.0. The van der Waals surface area contributed by atoms with Crippen molar-refractivity contribution in [2.45, 2.75) is 501 Å². The molecule has 0 aromatic heterocycles. The van der Waals surface area contributed by atoms with Gasteiger partial charge in [-0.15, -0.1) is 0 Å². The van der Waals surface area contributed by atoms with Crippen molar-refractivity contribution in [1.82, 2.24) is 0 Å². The number of carbonyl (C=O) groups excluding carboxylic acids is 3. The van der Waals surface area contributed by atoms with Crippen LogP contribution >= 0.6 is 0 Å². The van der Waals surface area contributed by atoms with Gasteiger partial charge in [0.25, 0.3) is 0 Å². The van der Waals surface area contributed by atoms with Gasteiger partial charge in [-0.2, -0.15) is 0 Å². The van der Waals surface area contributed by atoms with Crippen LogP contribution in [0.1, 0.15) is 489 Å². The van der Waals surface area contributed by atoms with Crippen molar-refractivity contribution in [2.75, 3.05) is 47.5 Å². The number of carbonyl (C=O) groups is 3. The maximum atomic E-state index is 13.0. The van der Waals surface area contributed by atoms with E-state index in [2.05, 4.69) is 50.3 Å². The second kappa shape index (κ2) is 85.1. The molecular formula is C94H179NO8. The summed E-state index contributed by atoms with van der Waals surface area (Å²) in [6.07, 6.45) is 109. The van der Waals surface area contributed by atoms with Crippen molar-refractivity contribution < 1.29 is 42.9 Å². The van der Waals surface area contributed by atoms with Gasteiger partial charge in [0.1, 0.15) is 13.2 Å². The highest BCUT2D eigenvalue weighted by atomic mass is 16.7. The van der Waals surface area contributed by atoms with E-state index in [9.17, 15) is 19.5 Å². The lowest BCUT2D eigenvalue weighted by Crippen LogP contribution is -2.44. The third-order valence-corrected chi connectivity index (χ3v) is 21.4. The van der Waals surface area contributed by atoms with Crippen molar-refractivity contribution in [2.24, 2.45) is 0 Å². The van der Waals surface area contributed by atoms with Crippen molar-refractivity contribution in [1.29, 1.82) is 0 Å². The standard InChI is InChI=1S/C94H179NO8/c1-6-8-10-12-14-16-18-20-22-24-26-28-30-32-34-36-38-40-42-44-45-46-47-49-50-52-54-56-58-60-62-64-66-68-70-72-74-76-78-80-82-84-91(96)101-88-90(89-102-94(93(98)99)100-87-86-95(3,4)5)103-92(97)85-83-81-79-77-75-73-71-69-67-65-63-61-59-57-55-53-51-48-43-41-39-37-35-33-31-29-27-25-23-21-19-17-15-13-11-9-7-2/h19,21,24-27,90,94H,6-18,20,22-23,28-89H2,1-5H3/b21-19-,26-24-,27-25-. The number of carboxylic acids is 1. The molecule has 0 aliphatic rings. The van der Waals surface area contributed by atoms with E-state index in [1.165, 1.54) is 417 Å². The van der Waals surface area contributed by atoms with Crippen LogP contribution in [0.25, 0.3) is 0 Å². The number of allylic oxidation sites excluding steroid dienone is 6. The number of quaternary nitrogens is 1. The van der Waals surface area contributed by atoms with Gasteiger partial charge in [0, 0.05) is 12.8 Å². The van der Waals surface area contributed by atoms with Gasteiger partial charge in [0.15, 0.2) is 12.4 Å². The number of hydrogen-bond donors (Lipinski definition) is 0. The number of hydrogen-bond acceptors (Lipinski definition) is 8. The number of aliphatic carboxylic acids is 1. The molecule has 0 rings (SSSR count). The normalized spacial score (nSPS) is 12.7. The molecule has 0 saturated carbocycles. The minimum Gasteiger partial charge on any atom is -0.545 e. The van der Waals surface area contributed by atoms with Crippen LogP contribution < -0.4 is 5.11 Å². The summed E-state index contributed by atoms with van der Waals surface area (Å²) < 4.78 is 22.9. The Labute approximate surface area is 642 Å². The summed E-state index contributed by atoms with van der Waals surface area (Å²) in [7, 11) is 5.96. The van der Waals surface area contributed by atoms with Crippen molar-refractivity contribution in [3.05, 3.63) is 36.5 Å². The fourth-order valence-electron chi connectivity index (χ4n) is 14.3. The number of esters is 2. The molecule has 0 radical (unpaired) electrons. The number of unbranched alkanes of at least 4 members (excludes halogenated alkanes) is 67. The molecule has 9 heteroatoms. The van der Waals surface area contributed by atoms with E-state index in [1.54, 1.807) is 0 Å². The predicted octanol–water partition coefficient (Wildman–Crippen LogP) is 28.8. The molecular weight excluding hydrogens is 1270 g/mol. The van der Waals surface area contributed by atoms with Gasteiger partial charge in [0.2, 0.25) is 0 Å². The van der Waals surface area contributed by atoms with Gasteiger partial charge in [-0.3, -0.25) is 9.59 Å². The Balaban J connectivity index is 3.87. The zero-order chi connectivity index (χ0) is 74.6. The summed E-state index contributed by atoms with van der Waals surface area (Å²) in [5, 5.41) is 11.9. The molecule has 0 aromatic carbocycles. The largest absolute Gasteiger partial charge is 0.545 e. The minimum absolute atomic E-state index is 0.152. The van der Waals surface area contributed by atoms with Gasteiger partial charge >= 0.3 is 11.9 Å². The number of likely N-dealkylation sites (N-methyl/N-ethyl adjacent to an activating group) is 1. The van der Waals surface area contributed by atoms with Crippen LogP contribution in [0.3, 0.4) is 0 Å². The molecule has 9 nitrogen and oxygen atoms in total. The van der Waals surface area contributed by atoms with E-state index < -0.39 is 24.3 Å². The Kier molecular flexibility index (Phi) is 83.1. The highest BCUT2D eigenvalue weighted by Gasteiger charge is 2.22. The molecule has 0 fully saturated rings. The molecule has 0 spiro atoms. The van der Waals surface area contributed by atoms with E-state index in [0.717, 1.165) is 44.9 Å². The van der Waals surface area contributed by atoms with Gasteiger partial charge < -0.3 is 33.3 Å². The third kappa shape index (κ3) is 86.6. The quantitative estimate of drug-likeness (QED) is 0.0195. The zero-order valence-electron chi connectivity index (χ0n) is 70.0. The van der Waals surface area contributed by atoms with Crippen molar-refractivity contribution >= 4 is 17.9 Å². The second-order valence-electron chi connectivity index (χ2n) is 32.9. The lowest BCUT2D eigenvalue weighted by atomic mass is 10.0. The minimum atomic E-state index is -1.62. The van der Waals surface area contributed by atoms with Crippen LogP contribution in [0.2, 0.25) is 0 Å². The van der Waals surface area contributed by atoms with E-state index in [0.29, 0.717) is 17.4 Å². The molecule has 0 heterocycles. The molecule has 0 bridgehead atoms. The predicted molar refractivity (Wildman–Crippen MR) is 445 cm³/mol. The van der Waals surface area contributed by atoms with Crippen LogP contribution in [0.5, 0.6) is 0 Å². The molecule has 2 unspecified atom stereocenters. The molecule has 0 aliphatic carbocycles. The summed E-state index contributed by atoms with van der Waals surface area (Å²) in [6, 6.07) is 0. The first-order valence-electron chi connectivity index (χ1n) is 46.1. The van der Waals surface area contributed by atoms with Crippen LogP contribution in [0.4, 0.5) is 0 Å². The molecule has 103 heavy (non-hydrogen) atoms. The molecule has 2 atom stereocenters. The molecule has 0 amide bonds. The Morgan fingerprint density at radius 3 is 0.777 bits per heavy atom. The molecule has 0 aromatic rings. The lowest BCUT2D eigenvalue weighted by Gasteiger charge is -2.26. The van der Waals surface area contributed by atoms with E-state index >= 15 is 0 Å². The van der Waals surface area contributed by atoms with Crippen LogP contribution in [0, 0.1) is 0 Å². The lowest BCUT2D eigenvalue weighted by molar-refractivity contribution is -0.870. The summed E-state index contributed by atoms with van der Waals surface area (Å²) in [6.45, 7) is 4.83. The average molecular weight is 1450 g/mol. The van der Waals surface area contributed by atoms with E-state index in [1.807, 2.05) is 21.1 Å². The van der Waals surface area contributed by atoms with Crippen LogP contribution in [0.15, 0.2) is 36.5 Å². The van der Waals surface area contributed by atoms with Gasteiger partial charge in [-0.05, 0) is 70.6 Å². The highest BCUT2D eigenvalue weighted by molar-refractivity contribution is 5.70. The fourth-order valence-corrected chi connectivity index (χ4v) is 14.3. The first-order chi connectivity index (χ1) is 50.6. The van der Waals surface area contributed by atoms with Gasteiger partial charge in [0.05, 0.1) is 40.3 Å². The van der Waals surface area contributed by atoms with Gasteiger partial charge in [-0.25, -0.2) is 0 Å². The Bertz CT molecular complexity index is 1790. The Morgan fingerprint density at radius 1 is 0.291 bits per heavy atom.